The Balaban J connectivity index is 2.26. The van der Waals surface area contributed by atoms with Crippen LogP contribution in [0.15, 0.2) is 18.2 Å². The first-order valence-electron chi connectivity index (χ1n) is 6.81. The SMILES string of the molecule is Cc1cc(Cl)cc(C(=O)N2CCCC(C)C2CN)c1. The van der Waals surface area contributed by atoms with Gasteiger partial charge in [-0.3, -0.25) is 4.79 Å². The highest BCUT2D eigenvalue weighted by Gasteiger charge is 2.31. The van der Waals surface area contributed by atoms with Gasteiger partial charge in [0.1, 0.15) is 0 Å². The van der Waals surface area contributed by atoms with E-state index in [0.29, 0.717) is 23.0 Å². The standard InChI is InChI=1S/C15H21ClN2O/c1-10-6-12(8-13(16)7-10)15(19)18-5-3-4-11(2)14(18)9-17/h6-8,11,14H,3-5,9,17H2,1-2H3. The summed E-state index contributed by atoms with van der Waals surface area (Å²) in [6.45, 7) is 5.42. The third-order valence-electron chi connectivity index (χ3n) is 3.91. The molecule has 0 bridgehead atoms. The fourth-order valence-electron chi connectivity index (χ4n) is 2.89. The third-order valence-corrected chi connectivity index (χ3v) is 4.13. The van der Waals surface area contributed by atoms with E-state index in [4.69, 9.17) is 17.3 Å². The molecule has 2 rings (SSSR count). The molecule has 4 heteroatoms. The number of nitrogens with zero attached hydrogens (tertiary/aromatic N) is 1. The van der Waals surface area contributed by atoms with Crippen molar-refractivity contribution >= 4 is 17.5 Å². The number of benzene rings is 1. The summed E-state index contributed by atoms with van der Waals surface area (Å²) in [4.78, 5) is 14.5. The predicted octanol–water partition coefficient (Wildman–Crippen LogP) is 2.85. The molecule has 0 radical (unpaired) electrons. The molecule has 1 amide bonds. The van der Waals surface area contributed by atoms with Crippen LogP contribution in [-0.2, 0) is 0 Å². The normalized spacial score (nSPS) is 23.5. The van der Waals surface area contributed by atoms with Crippen molar-refractivity contribution in [2.75, 3.05) is 13.1 Å². The van der Waals surface area contributed by atoms with Gasteiger partial charge in [0.2, 0.25) is 0 Å². The second-order valence-corrected chi connectivity index (χ2v) is 5.87. The van der Waals surface area contributed by atoms with Gasteiger partial charge >= 0.3 is 0 Å². The first kappa shape index (κ1) is 14.4. The summed E-state index contributed by atoms with van der Waals surface area (Å²) in [5.74, 6) is 0.510. The van der Waals surface area contributed by atoms with Crippen molar-refractivity contribution in [3.8, 4) is 0 Å². The molecule has 0 aromatic heterocycles. The number of piperidine rings is 1. The van der Waals surface area contributed by atoms with Crippen molar-refractivity contribution in [3.63, 3.8) is 0 Å². The maximum absolute atomic E-state index is 12.6. The van der Waals surface area contributed by atoms with Crippen LogP contribution < -0.4 is 5.73 Å². The molecule has 2 N–H and O–H groups in total. The van der Waals surface area contributed by atoms with Gasteiger partial charge in [-0.2, -0.15) is 0 Å². The Kier molecular flexibility index (Phi) is 4.48. The predicted molar refractivity (Wildman–Crippen MR) is 78.5 cm³/mol. The number of hydrogen-bond donors (Lipinski definition) is 1. The van der Waals surface area contributed by atoms with Gasteiger partial charge in [0, 0.05) is 29.7 Å². The molecule has 1 saturated heterocycles. The quantitative estimate of drug-likeness (QED) is 0.905. The molecular formula is C15H21ClN2O. The molecule has 104 valence electrons. The second kappa shape index (κ2) is 5.93. The number of rotatable bonds is 2. The highest BCUT2D eigenvalue weighted by molar-refractivity contribution is 6.31. The zero-order valence-corrected chi connectivity index (χ0v) is 12.3. The molecule has 0 aliphatic carbocycles. The van der Waals surface area contributed by atoms with Crippen LogP contribution in [0.2, 0.25) is 5.02 Å². The number of amides is 1. The number of halogens is 1. The lowest BCUT2D eigenvalue weighted by atomic mass is 9.90. The average molecular weight is 281 g/mol. The highest BCUT2D eigenvalue weighted by Crippen LogP contribution is 2.25. The molecule has 3 nitrogen and oxygen atoms in total. The fraction of sp³-hybridized carbons (Fsp3) is 0.533. The van der Waals surface area contributed by atoms with Crippen molar-refractivity contribution in [3.05, 3.63) is 34.3 Å². The van der Waals surface area contributed by atoms with Crippen LogP contribution in [0.5, 0.6) is 0 Å². The van der Waals surface area contributed by atoms with E-state index in [0.717, 1.165) is 24.9 Å². The fourth-order valence-corrected chi connectivity index (χ4v) is 3.18. The summed E-state index contributed by atoms with van der Waals surface area (Å²) in [6.07, 6.45) is 2.18. The van der Waals surface area contributed by atoms with Gasteiger partial charge in [-0.15, -0.1) is 0 Å². The Bertz CT molecular complexity index is 455. The van der Waals surface area contributed by atoms with Crippen molar-refractivity contribution in [1.29, 1.82) is 0 Å². The number of carbonyl (C=O) groups excluding carboxylic acids is 1. The van der Waals surface area contributed by atoms with Crippen LogP contribution in [0.1, 0.15) is 35.7 Å². The molecule has 1 heterocycles. The number of likely N-dealkylation sites (tertiary alicyclic amines) is 1. The van der Waals surface area contributed by atoms with Crippen LogP contribution in [0.3, 0.4) is 0 Å². The molecule has 1 aromatic rings. The van der Waals surface area contributed by atoms with E-state index < -0.39 is 0 Å². The Labute approximate surface area is 119 Å². The molecule has 19 heavy (non-hydrogen) atoms. The Morgan fingerprint density at radius 1 is 1.47 bits per heavy atom. The van der Waals surface area contributed by atoms with Gasteiger partial charge in [-0.25, -0.2) is 0 Å². The zero-order valence-electron chi connectivity index (χ0n) is 11.5. The minimum Gasteiger partial charge on any atom is -0.334 e. The maximum atomic E-state index is 12.6. The van der Waals surface area contributed by atoms with E-state index in [9.17, 15) is 4.79 Å². The molecule has 1 aliphatic heterocycles. The largest absolute Gasteiger partial charge is 0.334 e. The summed E-state index contributed by atoms with van der Waals surface area (Å²) in [7, 11) is 0. The van der Waals surface area contributed by atoms with Crippen molar-refractivity contribution in [2.24, 2.45) is 11.7 Å². The Morgan fingerprint density at radius 3 is 2.84 bits per heavy atom. The van der Waals surface area contributed by atoms with Crippen molar-refractivity contribution in [1.82, 2.24) is 4.90 Å². The molecule has 1 fully saturated rings. The Morgan fingerprint density at radius 2 is 2.21 bits per heavy atom. The first-order valence-corrected chi connectivity index (χ1v) is 7.19. The molecule has 1 aromatic carbocycles. The second-order valence-electron chi connectivity index (χ2n) is 5.44. The lowest BCUT2D eigenvalue weighted by Gasteiger charge is -2.39. The van der Waals surface area contributed by atoms with Crippen LogP contribution in [0.25, 0.3) is 0 Å². The lowest BCUT2D eigenvalue weighted by Crippen LogP contribution is -2.51. The minimum atomic E-state index is 0.0487. The summed E-state index contributed by atoms with van der Waals surface area (Å²) in [5, 5.41) is 0.609. The number of hydrogen-bond acceptors (Lipinski definition) is 2. The number of nitrogens with two attached hydrogens (primary N) is 1. The molecule has 2 unspecified atom stereocenters. The molecular weight excluding hydrogens is 260 g/mol. The molecule has 1 aliphatic rings. The number of aryl methyl sites for hydroxylation is 1. The van der Waals surface area contributed by atoms with Crippen LogP contribution >= 0.6 is 11.6 Å². The molecule has 0 saturated carbocycles. The summed E-state index contributed by atoms with van der Waals surface area (Å²) < 4.78 is 0. The highest BCUT2D eigenvalue weighted by atomic mass is 35.5. The van der Waals surface area contributed by atoms with Gasteiger partial charge in [-0.05, 0) is 49.4 Å². The van der Waals surface area contributed by atoms with Crippen LogP contribution in [0.4, 0.5) is 0 Å². The van der Waals surface area contributed by atoms with Crippen LogP contribution in [-0.4, -0.2) is 29.9 Å². The topological polar surface area (TPSA) is 46.3 Å². The maximum Gasteiger partial charge on any atom is 0.254 e. The molecule has 2 atom stereocenters. The van der Waals surface area contributed by atoms with Gasteiger partial charge in [0.25, 0.3) is 5.91 Å². The van der Waals surface area contributed by atoms with E-state index >= 15 is 0 Å². The molecule has 0 spiro atoms. The van der Waals surface area contributed by atoms with Gasteiger partial charge in [0.15, 0.2) is 0 Å². The minimum absolute atomic E-state index is 0.0487. The van der Waals surface area contributed by atoms with Crippen molar-refractivity contribution < 1.29 is 4.79 Å². The van der Waals surface area contributed by atoms with E-state index in [-0.39, 0.29) is 11.9 Å². The third kappa shape index (κ3) is 3.10. The smallest absolute Gasteiger partial charge is 0.254 e. The zero-order chi connectivity index (χ0) is 14.0. The number of carbonyl (C=O) groups is 1. The first-order chi connectivity index (χ1) is 9.02. The van der Waals surface area contributed by atoms with E-state index in [1.807, 2.05) is 24.0 Å². The van der Waals surface area contributed by atoms with E-state index in [2.05, 4.69) is 6.92 Å². The van der Waals surface area contributed by atoms with E-state index in [1.165, 1.54) is 0 Å². The van der Waals surface area contributed by atoms with Gasteiger partial charge in [-0.1, -0.05) is 18.5 Å². The Hall–Kier alpha value is -1.06. The lowest BCUT2D eigenvalue weighted by molar-refractivity contribution is 0.0532. The van der Waals surface area contributed by atoms with Crippen molar-refractivity contribution in [2.45, 2.75) is 32.7 Å². The van der Waals surface area contributed by atoms with Gasteiger partial charge in [0.05, 0.1) is 0 Å². The summed E-state index contributed by atoms with van der Waals surface area (Å²) in [6, 6.07) is 5.63. The van der Waals surface area contributed by atoms with E-state index in [1.54, 1.807) is 6.07 Å². The summed E-state index contributed by atoms with van der Waals surface area (Å²) in [5.41, 5.74) is 7.51. The van der Waals surface area contributed by atoms with Crippen LogP contribution in [0, 0.1) is 12.8 Å². The average Bonchev–Trinajstić information content (AvgIpc) is 2.36. The van der Waals surface area contributed by atoms with Gasteiger partial charge < -0.3 is 10.6 Å². The monoisotopic (exact) mass is 280 g/mol. The summed E-state index contributed by atoms with van der Waals surface area (Å²) >= 11 is 6.04.